The summed E-state index contributed by atoms with van der Waals surface area (Å²) in [5.74, 6) is 0. The SMILES string of the molecule is CC1(C)CC1(CO)C(F)C(F)(F)F. The predicted molar refractivity (Wildman–Crippen MR) is 38.9 cm³/mol. The van der Waals surface area contributed by atoms with E-state index in [1.165, 1.54) is 13.8 Å². The molecule has 2 atom stereocenters. The van der Waals surface area contributed by atoms with Gasteiger partial charge in [0.1, 0.15) is 0 Å². The quantitative estimate of drug-likeness (QED) is 0.678. The van der Waals surface area contributed by atoms with Crippen LogP contribution in [-0.4, -0.2) is 24.1 Å². The summed E-state index contributed by atoms with van der Waals surface area (Å²) in [6.07, 6.45) is -7.70. The fraction of sp³-hybridized carbons (Fsp3) is 1.00. The van der Waals surface area contributed by atoms with Crippen molar-refractivity contribution in [1.29, 1.82) is 0 Å². The van der Waals surface area contributed by atoms with Gasteiger partial charge in [-0.05, 0) is 11.8 Å². The van der Waals surface area contributed by atoms with Crippen molar-refractivity contribution in [1.82, 2.24) is 0 Å². The Morgan fingerprint density at radius 2 is 1.77 bits per heavy atom. The number of rotatable bonds is 2. The maximum atomic E-state index is 13.0. The van der Waals surface area contributed by atoms with E-state index in [9.17, 15) is 17.6 Å². The smallest absolute Gasteiger partial charge is 0.396 e. The Labute approximate surface area is 73.7 Å². The highest BCUT2D eigenvalue weighted by Crippen LogP contribution is 2.67. The molecule has 0 spiro atoms. The maximum absolute atomic E-state index is 13.0. The lowest BCUT2D eigenvalue weighted by Crippen LogP contribution is -2.38. The Kier molecular flexibility index (Phi) is 2.14. The van der Waals surface area contributed by atoms with Crippen LogP contribution in [0.1, 0.15) is 20.3 Å². The van der Waals surface area contributed by atoms with Crippen LogP contribution in [0.25, 0.3) is 0 Å². The summed E-state index contributed by atoms with van der Waals surface area (Å²) in [4.78, 5) is 0. The van der Waals surface area contributed by atoms with Crippen molar-refractivity contribution >= 4 is 0 Å². The summed E-state index contributed by atoms with van der Waals surface area (Å²) >= 11 is 0. The van der Waals surface area contributed by atoms with Gasteiger partial charge in [-0.15, -0.1) is 0 Å². The number of alkyl halides is 4. The van der Waals surface area contributed by atoms with Crippen LogP contribution in [0.2, 0.25) is 0 Å². The molecule has 13 heavy (non-hydrogen) atoms. The van der Waals surface area contributed by atoms with Crippen molar-refractivity contribution in [3.05, 3.63) is 0 Å². The maximum Gasteiger partial charge on any atom is 0.420 e. The van der Waals surface area contributed by atoms with Crippen LogP contribution < -0.4 is 0 Å². The fourth-order valence-corrected chi connectivity index (χ4v) is 1.84. The lowest BCUT2D eigenvalue weighted by Gasteiger charge is -2.24. The molecule has 5 heteroatoms. The van der Waals surface area contributed by atoms with Crippen molar-refractivity contribution in [3.8, 4) is 0 Å². The molecule has 1 saturated carbocycles. The fourth-order valence-electron chi connectivity index (χ4n) is 1.84. The monoisotopic (exact) mass is 200 g/mol. The Hall–Kier alpha value is -0.320. The summed E-state index contributed by atoms with van der Waals surface area (Å²) in [7, 11) is 0. The number of aliphatic hydroxyl groups is 1. The van der Waals surface area contributed by atoms with Gasteiger partial charge in [0.05, 0.1) is 6.61 Å². The van der Waals surface area contributed by atoms with Gasteiger partial charge >= 0.3 is 6.18 Å². The van der Waals surface area contributed by atoms with Gasteiger partial charge in [-0.1, -0.05) is 13.8 Å². The molecular formula is C8H12F4O. The third-order valence-electron chi connectivity index (χ3n) is 3.03. The molecule has 2 unspecified atom stereocenters. The number of aliphatic hydroxyl groups excluding tert-OH is 1. The molecule has 0 aromatic heterocycles. The zero-order valence-corrected chi connectivity index (χ0v) is 7.45. The molecule has 1 rings (SSSR count). The molecule has 0 aromatic rings. The minimum absolute atomic E-state index is 0.0805. The predicted octanol–water partition coefficient (Wildman–Crippen LogP) is 2.30. The first-order valence-electron chi connectivity index (χ1n) is 3.99. The van der Waals surface area contributed by atoms with E-state index in [2.05, 4.69) is 0 Å². The standard InChI is InChI=1S/C8H12F4O/c1-6(2)3-7(6,4-13)5(9)8(10,11)12/h5,13H,3-4H2,1-2H3. The molecule has 1 N–H and O–H groups in total. The minimum atomic E-state index is -4.86. The van der Waals surface area contributed by atoms with Crippen LogP contribution in [0, 0.1) is 10.8 Å². The van der Waals surface area contributed by atoms with Gasteiger partial charge in [-0.25, -0.2) is 4.39 Å². The Balaban J connectivity index is 2.83. The van der Waals surface area contributed by atoms with E-state index in [0.29, 0.717) is 0 Å². The minimum Gasteiger partial charge on any atom is -0.396 e. The summed E-state index contributed by atoms with van der Waals surface area (Å²) in [5.41, 5.74) is -2.36. The third-order valence-corrected chi connectivity index (χ3v) is 3.03. The molecule has 0 radical (unpaired) electrons. The average molecular weight is 200 g/mol. The lowest BCUT2D eigenvalue weighted by molar-refractivity contribution is -0.207. The van der Waals surface area contributed by atoms with Crippen molar-refractivity contribution in [3.63, 3.8) is 0 Å². The number of hydrogen-bond donors (Lipinski definition) is 1. The first kappa shape index (κ1) is 10.8. The Morgan fingerprint density at radius 1 is 1.38 bits per heavy atom. The largest absolute Gasteiger partial charge is 0.420 e. The van der Waals surface area contributed by atoms with Crippen LogP contribution >= 0.6 is 0 Å². The highest BCUT2D eigenvalue weighted by molar-refractivity contribution is 5.14. The molecule has 0 aromatic carbocycles. The van der Waals surface area contributed by atoms with Crippen molar-refractivity contribution in [2.75, 3.05) is 6.61 Å². The highest BCUT2D eigenvalue weighted by atomic mass is 19.4. The van der Waals surface area contributed by atoms with Crippen LogP contribution in [0.3, 0.4) is 0 Å². The zero-order valence-electron chi connectivity index (χ0n) is 7.45. The number of halogens is 4. The Bertz CT molecular complexity index is 207. The number of hydrogen-bond acceptors (Lipinski definition) is 1. The molecule has 0 aliphatic heterocycles. The van der Waals surface area contributed by atoms with E-state index in [4.69, 9.17) is 5.11 Å². The van der Waals surface area contributed by atoms with E-state index >= 15 is 0 Å². The zero-order chi connectivity index (χ0) is 10.5. The summed E-state index contributed by atoms with van der Waals surface area (Å²) in [6.45, 7) is 2.31. The topological polar surface area (TPSA) is 20.2 Å². The second-order valence-corrected chi connectivity index (χ2v) is 4.28. The van der Waals surface area contributed by atoms with E-state index in [1.807, 2.05) is 0 Å². The van der Waals surface area contributed by atoms with E-state index in [1.54, 1.807) is 0 Å². The van der Waals surface area contributed by atoms with E-state index in [-0.39, 0.29) is 6.42 Å². The molecule has 0 heterocycles. The first-order chi connectivity index (χ1) is 5.67. The second-order valence-electron chi connectivity index (χ2n) is 4.28. The molecule has 1 aliphatic rings. The first-order valence-corrected chi connectivity index (χ1v) is 3.99. The van der Waals surface area contributed by atoms with Gasteiger partial charge in [-0.2, -0.15) is 13.2 Å². The van der Waals surface area contributed by atoms with E-state index in [0.717, 1.165) is 0 Å². The summed E-state index contributed by atoms with van der Waals surface area (Å²) < 4.78 is 49.0. The average Bonchev–Trinajstić information content (AvgIpc) is 2.51. The van der Waals surface area contributed by atoms with Gasteiger partial charge in [0.15, 0.2) is 0 Å². The highest BCUT2D eigenvalue weighted by Gasteiger charge is 2.71. The molecule has 0 bridgehead atoms. The van der Waals surface area contributed by atoms with Crippen molar-refractivity contribution in [2.45, 2.75) is 32.6 Å². The van der Waals surface area contributed by atoms with Crippen molar-refractivity contribution in [2.24, 2.45) is 10.8 Å². The molecule has 78 valence electrons. The third kappa shape index (κ3) is 1.43. The van der Waals surface area contributed by atoms with Gasteiger partial charge in [0.25, 0.3) is 0 Å². The second kappa shape index (κ2) is 2.59. The van der Waals surface area contributed by atoms with Gasteiger partial charge in [-0.3, -0.25) is 0 Å². The molecule has 1 nitrogen and oxygen atoms in total. The summed E-state index contributed by atoms with van der Waals surface area (Å²) in [5, 5.41) is 8.79. The molecular weight excluding hydrogens is 188 g/mol. The van der Waals surface area contributed by atoms with Crippen LogP contribution in [0.4, 0.5) is 17.6 Å². The molecule has 0 saturated heterocycles. The van der Waals surface area contributed by atoms with Gasteiger partial charge in [0, 0.05) is 5.41 Å². The van der Waals surface area contributed by atoms with Gasteiger partial charge in [0.2, 0.25) is 6.17 Å². The summed E-state index contributed by atoms with van der Waals surface area (Å²) in [6, 6.07) is 0. The lowest BCUT2D eigenvalue weighted by atomic mass is 9.91. The Morgan fingerprint density at radius 3 is 1.85 bits per heavy atom. The van der Waals surface area contributed by atoms with Crippen molar-refractivity contribution < 1.29 is 22.7 Å². The molecule has 1 aliphatic carbocycles. The van der Waals surface area contributed by atoms with Crippen LogP contribution in [0.15, 0.2) is 0 Å². The van der Waals surface area contributed by atoms with Crippen LogP contribution in [0.5, 0.6) is 0 Å². The van der Waals surface area contributed by atoms with E-state index < -0.39 is 29.8 Å². The molecule has 1 fully saturated rings. The van der Waals surface area contributed by atoms with Gasteiger partial charge < -0.3 is 5.11 Å². The molecule has 0 amide bonds. The normalized spacial score (nSPS) is 34.4. The van der Waals surface area contributed by atoms with Crippen LogP contribution in [-0.2, 0) is 0 Å².